The van der Waals surface area contributed by atoms with Gasteiger partial charge in [0.2, 0.25) is 11.7 Å². The minimum absolute atomic E-state index is 0.0164. The maximum Gasteiger partial charge on any atom is 0.216 e. The predicted octanol–water partition coefficient (Wildman–Crippen LogP) is 3.80. The third kappa shape index (κ3) is 7.04. The maximum absolute atomic E-state index is 11.1. The molecule has 2 atom stereocenters. The van der Waals surface area contributed by atoms with Gasteiger partial charge in [-0.25, -0.2) is 4.98 Å². The monoisotopic (exact) mass is 573 g/mol. The van der Waals surface area contributed by atoms with Crippen molar-refractivity contribution in [2.45, 2.75) is 25.4 Å². The van der Waals surface area contributed by atoms with Crippen LogP contribution in [0.5, 0.6) is 5.75 Å². The van der Waals surface area contributed by atoms with Gasteiger partial charge in [0, 0.05) is 74.9 Å². The Hall–Kier alpha value is -2.82. The number of nitrogens with zero attached hydrogens (tertiary/aromatic N) is 4. The fourth-order valence-electron chi connectivity index (χ4n) is 4.94. The van der Waals surface area contributed by atoms with E-state index in [1.165, 1.54) is 5.69 Å². The molecule has 0 spiro atoms. The van der Waals surface area contributed by atoms with Crippen LogP contribution in [0, 0.1) is 0 Å². The Bertz CT molecular complexity index is 1240. The van der Waals surface area contributed by atoms with Crippen LogP contribution in [-0.4, -0.2) is 78.9 Å². The van der Waals surface area contributed by atoms with E-state index in [0.717, 1.165) is 38.5 Å². The number of carbonyl (C=O) groups excluding carboxylic acids is 1. The lowest BCUT2D eigenvalue weighted by Gasteiger charge is -2.36. The van der Waals surface area contributed by atoms with Crippen LogP contribution in [0.25, 0.3) is 0 Å². The molecule has 2 fully saturated rings. The lowest BCUT2D eigenvalue weighted by molar-refractivity contribution is -0.189. The maximum atomic E-state index is 11.1. The van der Waals surface area contributed by atoms with E-state index in [1.807, 2.05) is 29.0 Å². The Morgan fingerprint density at radius 2 is 1.95 bits per heavy atom. The number of rotatable bonds is 10. The van der Waals surface area contributed by atoms with Crippen molar-refractivity contribution in [2.24, 2.45) is 0 Å². The molecule has 0 saturated carbocycles. The van der Waals surface area contributed by atoms with Gasteiger partial charge >= 0.3 is 0 Å². The van der Waals surface area contributed by atoms with Crippen LogP contribution in [0.4, 0.5) is 5.69 Å². The molecular formula is C28H33Cl2N5O4. The summed E-state index contributed by atoms with van der Waals surface area (Å²) < 4.78 is 20.7. The molecule has 2 unspecified atom stereocenters. The Morgan fingerprint density at radius 1 is 1.15 bits per heavy atom. The molecule has 1 N–H and O–H groups in total. The molecule has 3 heterocycles. The lowest BCUT2D eigenvalue weighted by Crippen LogP contribution is -2.48. The van der Waals surface area contributed by atoms with Crippen LogP contribution >= 0.6 is 23.2 Å². The number of ether oxygens (including phenoxy) is 3. The normalized spacial score (nSPS) is 21.7. The third-order valence-electron chi connectivity index (χ3n) is 6.96. The molecule has 1 aromatic heterocycles. The molecule has 2 aliphatic rings. The van der Waals surface area contributed by atoms with Crippen LogP contribution in [0.15, 0.2) is 61.2 Å². The zero-order chi connectivity index (χ0) is 27.2. The molecule has 208 valence electrons. The van der Waals surface area contributed by atoms with Gasteiger partial charge in [-0.2, -0.15) is 0 Å². The Kier molecular flexibility index (Phi) is 8.94. The highest BCUT2D eigenvalue weighted by molar-refractivity contribution is 6.35. The summed E-state index contributed by atoms with van der Waals surface area (Å²) in [5.74, 6) is -0.291. The van der Waals surface area contributed by atoms with Crippen LogP contribution in [-0.2, 0) is 26.6 Å². The minimum atomic E-state index is -1.08. The fourth-order valence-corrected chi connectivity index (χ4v) is 5.49. The fraction of sp³-hybridized carbons (Fsp3) is 0.429. The molecule has 9 nitrogen and oxygen atoms in total. The van der Waals surface area contributed by atoms with Crippen LogP contribution in [0.3, 0.4) is 0 Å². The summed E-state index contributed by atoms with van der Waals surface area (Å²) in [6.45, 7) is 8.02. The summed E-state index contributed by atoms with van der Waals surface area (Å²) in [5, 5.41) is 3.89. The topological polar surface area (TPSA) is 81.1 Å². The molecule has 39 heavy (non-hydrogen) atoms. The molecule has 1 amide bonds. The van der Waals surface area contributed by atoms with Gasteiger partial charge < -0.3 is 29.0 Å². The van der Waals surface area contributed by atoms with E-state index in [4.69, 9.17) is 37.4 Å². The molecule has 3 aromatic rings. The SMILES string of the molecule is CC(=O)NCCN1CCN(c2ccc(OCC3COC(Cn4ccnc4)(c4ccc(Cl)cc4Cl)O3)cc2)CC1. The average Bonchev–Trinajstić information content (AvgIpc) is 3.59. The van der Waals surface area contributed by atoms with Crippen molar-refractivity contribution in [3.8, 4) is 5.75 Å². The second-order valence-corrected chi connectivity index (χ2v) is 10.6. The quantitative estimate of drug-likeness (QED) is 0.395. The highest BCUT2D eigenvalue weighted by atomic mass is 35.5. The van der Waals surface area contributed by atoms with Crippen molar-refractivity contribution in [1.82, 2.24) is 19.8 Å². The highest BCUT2D eigenvalue weighted by Gasteiger charge is 2.45. The number of carbonyl (C=O) groups is 1. The first-order chi connectivity index (χ1) is 18.9. The van der Waals surface area contributed by atoms with E-state index in [-0.39, 0.29) is 12.0 Å². The number of hydrogen-bond acceptors (Lipinski definition) is 7. The van der Waals surface area contributed by atoms with Crippen LogP contribution < -0.4 is 15.0 Å². The predicted molar refractivity (Wildman–Crippen MR) is 150 cm³/mol. The zero-order valence-electron chi connectivity index (χ0n) is 21.9. The van der Waals surface area contributed by atoms with Crippen LogP contribution in [0.2, 0.25) is 10.0 Å². The second kappa shape index (κ2) is 12.6. The van der Waals surface area contributed by atoms with Crippen molar-refractivity contribution >= 4 is 34.8 Å². The Morgan fingerprint density at radius 3 is 2.64 bits per heavy atom. The van der Waals surface area contributed by atoms with Crippen molar-refractivity contribution in [2.75, 3.05) is 57.4 Å². The van der Waals surface area contributed by atoms with E-state index in [0.29, 0.717) is 41.9 Å². The van der Waals surface area contributed by atoms with Gasteiger partial charge in [-0.3, -0.25) is 9.69 Å². The molecule has 2 aliphatic heterocycles. The summed E-state index contributed by atoms with van der Waals surface area (Å²) in [5.41, 5.74) is 1.88. The Balaban J connectivity index is 1.15. The summed E-state index contributed by atoms with van der Waals surface area (Å²) >= 11 is 12.7. The number of amides is 1. The number of halogens is 2. The summed E-state index contributed by atoms with van der Waals surface area (Å²) in [6, 6.07) is 13.5. The van der Waals surface area contributed by atoms with E-state index in [9.17, 15) is 4.79 Å². The first kappa shape index (κ1) is 27.7. The van der Waals surface area contributed by atoms with Gasteiger partial charge in [-0.05, 0) is 36.4 Å². The summed E-state index contributed by atoms with van der Waals surface area (Å²) in [7, 11) is 0. The molecule has 2 aromatic carbocycles. The second-order valence-electron chi connectivity index (χ2n) is 9.78. The summed E-state index contributed by atoms with van der Waals surface area (Å²) in [6.07, 6.45) is 5.00. The van der Waals surface area contributed by atoms with Crippen molar-refractivity contribution < 1.29 is 19.0 Å². The largest absolute Gasteiger partial charge is 0.491 e. The van der Waals surface area contributed by atoms with E-state index >= 15 is 0 Å². The smallest absolute Gasteiger partial charge is 0.216 e. The summed E-state index contributed by atoms with van der Waals surface area (Å²) in [4.78, 5) is 19.9. The number of hydrogen-bond donors (Lipinski definition) is 1. The van der Waals surface area contributed by atoms with Gasteiger partial charge in [0.1, 0.15) is 18.5 Å². The van der Waals surface area contributed by atoms with Gasteiger partial charge in [-0.1, -0.05) is 29.3 Å². The first-order valence-corrected chi connectivity index (χ1v) is 13.8. The van der Waals surface area contributed by atoms with E-state index in [2.05, 4.69) is 32.2 Å². The van der Waals surface area contributed by atoms with Gasteiger partial charge in [-0.15, -0.1) is 0 Å². The Labute approximate surface area is 238 Å². The zero-order valence-corrected chi connectivity index (χ0v) is 23.4. The van der Waals surface area contributed by atoms with E-state index in [1.54, 1.807) is 31.6 Å². The van der Waals surface area contributed by atoms with Crippen molar-refractivity contribution in [1.29, 1.82) is 0 Å². The van der Waals surface area contributed by atoms with Gasteiger partial charge in [0.25, 0.3) is 0 Å². The molecule has 0 aliphatic carbocycles. The number of imidazole rings is 1. The number of anilines is 1. The molecule has 2 saturated heterocycles. The number of piperazine rings is 1. The molecule has 0 radical (unpaired) electrons. The van der Waals surface area contributed by atoms with Gasteiger partial charge in [0.05, 0.1) is 24.5 Å². The van der Waals surface area contributed by atoms with E-state index < -0.39 is 5.79 Å². The minimum Gasteiger partial charge on any atom is -0.491 e. The molecule has 11 heteroatoms. The molecule has 0 bridgehead atoms. The number of aromatic nitrogens is 2. The molecule has 5 rings (SSSR count). The number of benzene rings is 2. The van der Waals surface area contributed by atoms with Crippen LogP contribution in [0.1, 0.15) is 12.5 Å². The van der Waals surface area contributed by atoms with Crippen molar-refractivity contribution in [3.05, 3.63) is 76.8 Å². The standard InChI is InChI=1S/C28H33Cl2N5O4/c1-21(36)32-9-11-33-12-14-35(15-13-33)23-3-5-24(6-4-23)37-17-25-18-38-28(39-25,19-34-10-8-31-20-34)26-7-2-22(29)16-27(26)30/h2-8,10,16,20,25H,9,11-15,17-19H2,1H3,(H,32,36). The highest BCUT2D eigenvalue weighted by Crippen LogP contribution is 2.40. The molecular weight excluding hydrogens is 541 g/mol. The average molecular weight is 575 g/mol. The lowest BCUT2D eigenvalue weighted by atomic mass is 10.1. The first-order valence-electron chi connectivity index (χ1n) is 13.1. The van der Waals surface area contributed by atoms with Crippen molar-refractivity contribution in [3.63, 3.8) is 0 Å². The third-order valence-corrected chi connectivity index (χ3v) is 7.51. The van der Waals surface area contributed by atoms with Gasteiger partial charge in [0.15, 0.2) is 0 Å². The number of nitrogens with one attached hydrogen (secondary N) is 1.